The normalized spacial score (nSPS) is 19.8. The van der Waals surface area contributed by atoms with Crippen molar-refractivity contribution in [2.45, 2.75) is 0 Å². The molecule has 1 amide bonds. The number of halogens is 1. The first kappa shape index (κ1) is 19.5. The van der Waals surface area contributed by atoms with Crippen LogP contribution in [0.2, 0.25) is 0 Å². The largest absolute Gasteiger partial charge is 0.396 e. The second-order valence-corrected chi connectivity index (χ2v) is 7.05. The van der Waals surface area contributed by atoms with Gasteiger partial charge in [0.05, 0.1) is 12.3 Å². The Morgan fingerprint density at radius 1 is 1.33 bits per heavy atom. The Morgan fingerprint density at radius 3 is 2.78 bits per heavy atom. The van der Waals surface area contributed by atoms with Crippen LogP contribution in [0, 0.1) is 17.7 Å². The number of carbonyl (C=O) groups is 1. The van der Waals surface area contributed by atoms with E-state index in [-0.39, 0.29) is 31.0 Å². The van der Waals surface area contributed by atoms with Crippen LogP contribution in [-0.2, 0) is 0 Å². The molecule has 146 valence electrons. The third-order valence-corrected chi connectivity index (χ3v) is 5.08. The van der Waals surface area contributed by atoms with Crippen LogP contribution in [0.1, 0.15) is 10.5 Å². The van der Waals surface area contributed by atoms with Gasteiger partial charge in [-0.3, -0.25) is 9.89 Å². The molecule has 7 nitrogen and oxygen atoms in total. The Balaban J connectivity index is 1.70. The van der Waals surface area contributed by atoms with Crippen LogP contribution in [0.5, 0.6) is 0 Å². The van der Waals surface area contributed by atoms with Crippen LogP contribution in [0.3, 0.4) is 0 Å². The first-order valence-corrected chi connectivity index (χ1v) is 9.03. The molecule has 2 aromatic rings. The molecule has 0 spiro atoms. The lowest BCUT2D eigenvalue weighted by Crippen LogP contribution is -2.33. The van der Waals surface area contributed by atoms with Crippen LogP contribution in [-0.4, -0.2) is 82.6 Å². The Kier molecular flexibility index (Phi) is 6.20. The topological polar surface area (TPSA) is 92.7 Å². The number of aromatic nitrogens is 2. The first-order chi connectivity index (χ1) is 13.0. The van der Waals surface area contributed by atoms with Crippen molar-refractivity contribution in [1.29, 1.82) is 0 Å². The molecule has 1 aromatic carbocycles. The van der Waals surface area contributed by atoms with Crippen molar-refractivity contribution in [3.8, 4) is 11.3 Å². The van der Waals surface area contributed by atoms with Crippen molar-refractivity contribution in [2.75, 3.05) is 46.4 Å². The monoisotopic (exact) mass is 376 g/mol. The van der Waals surface area contributed by atoms with Gasteiger partial charge in [-0.05, 0) is 31.2 Å². The lowest BCUT2D eigenvalue weighted by Gasteiger charge is -2.22. The van der Waals surface area contributed by atoms with Gasteiger partial charge in [-0.2, -0.15) is 5.10 Å². The number of rotatable bonds is 7. The molecule has 0 saturated carbocycles. The quantitative estimate of drug-likeness (QED) is 0.665. The van der Waals surface area contributed by atoms with E-state index >= 15 is 0 Å². The molecule has 8 heteroatoms. The van der Waals surface area contributed by atoms with Crippen molar-refractivity contribution in [1.82, 2.24) is 20.0 Å². The predicted octanol–water partition coefficient (Wildman–Crippen LogP) is 0.820. The summed E-state index contributed by atoms with van der Waals surface area (Å²) >= 11 is 0. The fraction of sp³-hybridized carbons (Fsp3) is 0.474. The molecular formula is C19H25FN4O3. The molecule has 2 heterocycles. The molecule has 3 N–H and O–H groups in total. The highest BCUT2D eigenvalue weighted by Crippen LogP contribution is 2.26. The van der Waals surface area contributed by atoms with Gasteiger partial charge in [-0.25, -0.2) is 4.39 Å². The number of amides is 1. The first-order valence-electron chi connectivity index (χ1n) is 9.03. The van der Waals surface area contributed by atoms with Crippen molar-refractivity contribution < 1.29 is 19.4 Å². The van der Waals surface area contributed by atoms with E-state index in [1.807, 2.05) is 11.9 Å². The van der Waals surface area contributed by atoms with E-state index in [1.54, 1.807) is 29.2 Å². The standard InChI is InChI=1S/C19H25FN4O3/c1-23(6-7-25)9-13-10-24(11-14(13)12-26)19(27)18-8-17(21-22-18)15-4-2-3-5-16(15)20/h2-5,8,13-14,25-26H,6-7,9-12H2,1H3,(H,21,22)/t13-,14-/m1/s1. The summed E-state index contributed by atoms with van der Waals surface area (Å²) in [5.41, 5.74) is 1.02. The Labute approximate surface area is 157 Å². The number of nitrogens with one attached hydrogen (secondary N) is 1. The molecule has 1 fully saturated rings. The number of aliphatic hydroxyl groups excluding tert-OH is 2. The summed E-state index contributed by atoms with van der Waals surface area (Å²) in [6, 6.07) is 7.84. The van der Waals surface area contributed by atoms with E-state index in [0.717, 1.165) is 0 Å². The number of aromatic amines is 1. The minimum Gasteiger partial charge on any atom is -0.396 e. The van der Waals surface area contributed by atoms with Gasteiger partial charge in [0.15, 0.2) is 0 Å². The zero-order valence-corrected chi connectivity index (χ0v) is 15.3. The summed E-state index contributed by atoms with van der Waals surface area (Å²) in [6.45, 7) is 2.30. The summed E-state index contributed by atoms with van der Waals surface area (Å²) < 4.78 is 13.9. The van der Waals surface area contributed by atoms with Gasteiger partial charge in [-0.15, -0.1) is 0 Å². The number of likely N-dealkylation sites (tertiary alicyclic amines) is 1. The third kappa shape index (κ3) is 4.35. The molecule has 0 radical (unpaired) electrons. The van der Waals surface area contributed by atoms with E-state index in [1.165, 1.54) is 6.07 Å². The highest BCUT2D eigenvalue weighted by molar-refractivity contribution is 5.93. The number of benzene rings is 1. The van der Waals surface area contributed by atoms with E-state index in [0.29, 0.717) is 43.1 Å². The number of nitrogens with zero attached hydrogens (tertiary/aromatic N) is 3. The predicted molar refractivity (Wildman–Crippen MR) is 98.5 cm³/mol. The highest BCUT2D eigenvalue weighted by Gasteiger charge is 2.36. The summed E-state index contributed by atoms with van der Waals surface area (Å²) in [5.74, 6) is -0.485. The number of hydrogen-bond donors (Lipinski definition) is 3. The lowest BCUT2D eigenvalue weighted by atomic mass is 9.96. The summed E-state index contributed by atoms with van der Waals surface area (Å²) in [4.78, 5) is 16.5. The van der Waals surface area contributed by atoms with Crippen molar-refractivity contribution in [2.24, 2.45) is 11.8 Å². The van der Waals surface area contributed by atoms with Gasteiger partial charge in [0.25, 0.3) is 5.91 Å². The second kappa shape index (κ2) is 8.60. The van der Waals surface area contributed by atoms with Gasteiger partial charge in [-0.1, -0.05) is 12.1 Å². The van der Waals surface area contributed by atoms with E-state index in [4.69, 9.17) is 5.11 Å². The average Bonchev–Trinajstić information content (AvgIpc) is 3.29. The summed E-state index contributed by atoms with van der Waals surface area (Å²) in [6.07, 6.45) is 0. The van der Waals surface area contributed by atoms with E-state index in [2.05, 4.69) is 10.2 Å². The SMILES string of the molecule is CN(CCO)C[C@@H]1CN(C(=O)c2cc(-c3ccccc3F)n[nH]2)C[C@@H]1CO. The zero-order valence-electron chi connectivity index (χ0n) is 15.3. The maximum absolute atomic E-state index is 13.9. The highest BCUT2D eigenvalue weighted by atomic mass is 19.1. The molecule has 3 rings (SSSR count). The Hall–Kier alpha value is -2.29. The Morgan fingerprint density at radius 2 is 2.07 bits per heavy atom. The molecule has 0 bridgehead atoms. The van der Waals surface area contributed by atoms with Crippen LogP contribution in [0.15, 0.2) is 30.3 Å². The molecule has 1 aliphatic rings. The molecule has 2 atom stereocenters. The van der Waals surface area contributed by atoms with Crippen LogP contribution in [0.25, 0.3) is 11.3 Å². The number of H-pyrrole nitrogens is 1. The minimum absolute atomic E-state index is 0.00483. The molecule has 0 aliphatic carbocycles. The van der Waals surface area contributed by atoms with Crippen LogP contribution < -0.4 is 0 Å². The van der Waals surface area contributed by atoms with Crippen molar-refractivity contribution in [3.63, 3.8) is 0 Å². The van der Waals surface area contributed by atoms with Crippen molar-refractivity contribution in [3.05, 3.63) is 41.8 Å². The number of carbonyl (C=O) groups excluding carboxylic acids is 1. The fourth-order valence-corrected chi connectivity index (χ4v) is 3.59. The second-order valence-electron chi connectivity index (χ2n) is 7.05. The maximum Gasteiger partial charge on any atom is 0.271 e. The molecule has 1 saturated heterocycles. The van der Waals surface area contributed by atoms with Gasteiger partial charge in [0.2, 0.25) is 0 Å². The minimum atomic E-state index is -0.392. The Bertz CT molecular complexity index is 782. The van der Waals surface area contributed by atoms with Crippen LogP contribution in [0.4, 0.5) is 4.39 Å². The van der Waals surface area contributed by atoms with Gasteiger partial charge < -0.3 is 20.0 Å². The summed E-state index contributed by atoms with van der Waals surface area (Å²) in [5, 5.41) is 25.5. The molecule has 0 unspecified atom stereocenters. The van der Waals surface area contributed by atoms with E-state index < -0.39 is 5.82 Å². The summed E-state index contributed by atoms with van der Waals surface area (Å²) in [7, 11) is 1.91. The van der Waals surface area contributed by atoms with Crippen LogP contribution >= 0.6 is 0 Å². The zero-order chi connectivity index (χ0) is 19.4. The van der Waals surface area contributed by atoms with Gasteiger partial charge in [0.1, 0.15) is 11.5 Å². The molecule has 1 aliphatic heterocycles. The molecule has 27 heavy (non-hydrogen) atoms. The van der Waals surface area contributed by atoms with Gasteiger partial charge >= 0.3 is 0 Å². The molecular weight excluding hydrogens is 351 g/mol. The fourth-order valence-electron chi connectivity index (χ4n) is 3.59. The van der Waals surface area contributed by atoms with E-state index in [9.17, 15) is 14.3 Å². The van der Waals surface area contributed by atoms with Crippen molar-refractivity contribution >= 4 is 5.91 Å². The third-order valence-electron chi connectivity index (χ3n) is 5.08. The number of aliphatic hydroxyl groups is 2. The number of likely N-dealkylation sites (N-methyl/N-ethyl adjacent to an activating group) is 1. The molecule has 1 aromatic heterocycles. The number of hydrogen-bond acceptors (Lipinski definition) is 5. The maximum atomic E-state index is 13.9. The van der Waals surface area contributed by atoms with Gasteiger partial charge in [0, 0.05) is 44.3 Å². The lowest BCUT2D eigenvalue weighted by molar-refractivity contribution is 0.0773. The smallest absolute Gasteiger partial charge is 0.271 e. The average molecular weight is 376 g/mol.